The van der Waals surface area contributed by atoms with Gasteiger partial charge in [0.05, 0.1) is 7.11 Å². The Labute approximate surface area is 139 Å². The van der Waals surface area contributed by atoms with E-state index in [1.165, 1.54) is 12.1 Å². The van der Waals surface area contributed by atoms with Gasteiger partial charge in [-0.2, -0.15) is 0 Å². The highest BCUT2D eigenvalue weighted by atomic mass is 19.1. The van der Waals surface area contributed by atoms with Gasteiger partial charge in [0.25, 0.3) is 0 Å². The largest absolute Gasteiger partial charge is 0.497 e. The van der Waals surface area contributed by atoms with E-state index < -0.39 is 5.97 Å². The predicted molar refractivity (Wildman–Crippen MR) is 89.9 cm³/mol. The van der Waals surface area contributed by atoms with E-state index in [1.54, 1.807) is 19.2 Å². The third-order valence-electron chi connectivity index (χ3n) is 4.05. The maximum absolute atomic E-state index is 13.1. The van der Waals surface area contributed by atoms with Crippen LogP contribution in [0.4, 0.5) is 4.39 Å². The molecule has 0 amide bonds. The lowest BCUT2D eigenvalue weighted by molar-refractivity contribution is -0.136. The third-order valence-corrected chi connectivity index (χ3v) is 4.05. The molecule has 0 bridgehead atoms. The lowest BCUT2D eigenvalue weighted by Crippen LogP contribution is -1.99. The SMILES string of the molecule is COc1ccc2c(c1)c(CCC(=O)O)cn2Cc1ccc(F)cc1. The highest BCUT2D eigenvalue weighted by Crippen LogP contribution is 2.27. The van der Waals surface area contributed by atoms with Crippen LogP contribution in [0.1, 0.15) is 17.5 Å². The molecule has 24 heavy (non-hydrogen) atoms. The van der Waals surface area contributed by atoms with Crippen LogP contribution in [0.15, 0.2) is 48.7 Å². The number of rotatable bonds is 6. The average molecular weight is 327 g/mol. The number of fused-ring (bicyclic) bond motifs is 1. The Kier molecular flexibility index (Phi) is 4.51. The quantitative estimate of drug-likeness (QED) is 0.748. The summed E-state index contributed by atoms with van der Waals surface area (Å²) in [6, 6.07) is 12.1. The van der Waals surface area contributed by atoms with Crippen LogP contribution in [0.25, 0.3) is 10.9 Å². The van der Waals surface area contributed by atoms with E-state index in [0.29, 0.717) is 13.0 Å². The summed E-state index contributed by atoms with van der Waals surface area (Å²) in [5.41, 5.74) is 2.95. The first kappa shape index (κ1) is 16.1. The molecule has 4 nitrogen and oxygen atoms in total. The van der Waals surface area contributed by atoms with Crippen molar-refractivity contribution in [1.82, 2.24) is 4.57 Å². The summed E-state index contributed by atoms with van der Waals surface area (Å²) in [6.45, 7) is 0.593. The molecule has 1 heterocycles. The number of carboxylic acid groups (broad SMARTS) is 1. The number of methoxy groups -OCH3 is 1. The highest BCUT2D eigenvalue weighted by Gasteiger charge is 2.11. The molecule has 0 aliphatic rings. The number of carbonyl (C=O) groups is 1. The van der Waals surface area contributed by atoms with Gasteiger partial charge in [-0.1, -0.05) is 12.1 Å². The fraction of sp³-hybridized carbons (Fsp3) is 0.211. The second-order valence-corrected chi connectivity index (χ2v) is 5.69. The van der Waals surface area contributed by atoms with E-state index in [2.05, 4.69) is 4.57 Å². The standard InChI is InChI=1S/C19H18FNO3/c1-24-16-7-8-18-17(10-16)14(4-9-19(22)23)12-21(18)11-13-2-5-15(20)6-3-13/h2-3,5-8,10,12H,4,9,11H2,1H3,(H,22,23). The van der Waals surface area contributed by atoms with E-state index in [9.17, 15) is 9.18 Å². The minimum absolute atomic E-state index is 0.0763. The van der Waals surface area contributed by atoms with E-state index in [1.807, 2.05) is 24.4 Å². The summed E-state index contributed by atoms with van der Waals surface area (Å²) < 4.78 is 20.4. The van der Waals surface area contributed by atoms with Crippen molar-refractivity contribution < 1.29 is 19.0 Å². The van der Waals surface area contributed by atoms with Gasteiger partial charge >= 0.3 is 5.97 Å². The first-order valence-corrected chi connectivity index (χ1v) is 7.69. The zero-order valence-electron chi connectivity index (χ0n) is 13.3. The number of carboxylic acids is 1. The molecule has 0 fully saturated rings. The molecule has 0 aliphatic heterocycles. The number of aliphatic carboxylic acids is 1. The normalized spacial score (nSPS) is 10.9. The van der Waals surface area contributed by atoms with E-state index in [0.717, 1.165) is 27.8 Å². The number of hydrogen-bond acceptors (Lipinski definition) is 2. The fourth-order valence-electron chi connectivity index (χ4n) is 2.84. The summed E-state index contributed by atoms with van der Waals surface area (Å²) in [7, 11) is 1.60. The first-order valence-electron chi connectivity index (χ1n) is 7.69. The Hall–Kier alpha value is -2.82. The zero-order valence-corrected chi connectivity index (χ0v) is 13.3. The molecular formula is C19H18FNO3. The molecule has 5 heteroatoms. The van der Waals surface area contributed by atoms with Crippen LogP contribution in [0, 0.1) is 5.82 Å². The summed E-state index contributed by atoms with van der Waals surface area (Å²) in [6.07, 6.45) is 2.50. The number of aryl methyl sites for hydroxylation is 1. The highest BCUT2D eigenvalue weighted by molar-refractivity contribution is 5.86. The topological polar surface area (TPSA) is 51.5 Å². The van der Waals surface area contributed by atoms with Gasteiger partial charge < -0.3 is 14.4 Å². The first-order chi connectivity index (χ1) is 11.6. The Bertz CT molecular complexity index is 868. The van der Waals surface area contributed by atoms with Crippen molar-refractivity contribution >= 4 is 16.9 Å². The summed E-state index contributed by atoms with van der Waals surface area (Å²) in [5.74, 6) is -0.348. The number of ether oxygens (including phenoxy) is 1. The van der Waals surface area contributed by atoms with Crippen molar-refractivity contribution in [2.24, 2.45) is 0 Å². The van der Waals surface area contributed by atoms with Gasteiger partial charge in [0.15, 0.2) is 0 Å². The molecular weight excluding hydrogens is 309 g/mol. The van der Waals surface area contributed by atoms with E-state index in [-0.39, 0.29) is 12.2 Å². The molecule has 3 aromatic rings. The van der Waals surface area contributed by atoms with Crippen LogP contribution in [0.3, 0.4) is 0 Å². The van der Waals surface area contributed by atoms with E-state index >= 15 is 0 Å². The Morgan fingerprint density at radius 2 is 1.96 bits per heavy atom. The van der Waals surface area contributed by atoms with Crippen molar-refractivity contribution in [1.29, 1.82) is 0 Å². The van der Waals surface area contributed by atoms with Crippen LogP contribution in [0.5, 0.6) is 5.75 Å². The molecule has 2 aromatic carbocycles. The molecule has 0 saturated heterocycles. The number of nitrogens with zero attached hydrogens (tertiary/aromatic N) is 1. The van der Waals surface area contributed by atoms with Gasteiger partial charge in [-0.3, -0.25) is 4.79 Å². The minimum atomic E-state index is -0.822. The summed E-state index contributed by atoms with van der Waals surface area (Å²) in [5, 5.41) is 9.93. The molecule has 0 radical (unpaired) electrons. The monoisotopic (exact) mass is 327 g/mol. The second kappa shape index (κ2) is 6.74. The molecule has 124 valence electrons. The Morgan fingerprint density at radius 1 is 1.21 bits per heavy atom. The van der Waals surface area contributed by atoms with Crippen molar-refractivity contribution in [3.05, 3.63) is 65.6 Å². The predicted octanol–water partition coefficient (Wildman–Crippen LogP) is 3.85. The van der Waals surface area contributed by atoms with Gasteiger partial charge in [0.1, 0.15) is 11.6 Å². The van der Waals surface area contributed by atoms with Crippen molar-refractivity contribution in [2.75, 3.05) is 7.11 Å². The van der Waals surface area contributed by atoms with Gasteiger partial charge in [-0.15, -0.1) is 0 Å². The third kappa shape index (κ3) is 3.40. The summed E-state index contributed by atoms with van der Waals surface area (Å²) in [4.78, 5) is 10.9. The van der Waals surface area contributed by atoms with Crippen LogP contribution >= 0.6 is 0 Å². The Morgan fingerprint density at radius 3 is 2.62 bits per heavy atom. The maximum atomic E-state index is 13.1. The molecule has 3 rings (SSSR count). The van der Waals surface area contributed by atoms with Crippen molar-refractivity contribution in [3.63, 3.8) is 0 Å². The van der Waals surface area contributed by atoms with Crippen LogP contribution in [-0.4, -0.2) is 22.8 Å². The van der Waals surface area contributed by atoms with Crippen LogP contribution in [-0.2, 0) is 17.8 Å². The molecule has 0 unspecified atom stereocenters. The van der Waals surface area contributed by atoms with E-state index in [4.69, 9.17) is 9.84 Å². The smallest absolute Gasteiger partial charge is 0.303 e. The molecule has 0 aliphatic carbocycles. The van der Waals surface area contributed by atoms with Gasteiger partial charge in [0.2, 0.25) is 0 Å². The van der Waals surface area contributed by atoms with Gasteiger partial charge in [-0.05, 0) is 47.9 Å². The maximum Gasteiger partial charge on any atom is 0.303 e. The fourth-order valence-corrected chi connectivity index (χ4v) is 2.84. The lowest BCUT2D eigenvalue weighted by Gasteiger charge is -2.06. The van der Waals surface area contributed by atoms with Gasteiger partial charge in [0, 0.05) is 30.1 Å². The zero-order chi connectivity index (χ0) is 17.1. The molecule has 0 atom stereocenters. The van der Waals surface area contributed by atoms with Crippen molar-refractivity contribution in [3.8, 4) is 5.75 Å². The second-order valence-electron chi connectivity index (χ2n) is 5.69. The van der Waals surface area contributed by atoms with Crippen molar-refractivity contribution in [2.45, 2.75) is 19.4 Å². The Balaban J connectivity index is 2.00. The molecule has 0 spiro atoms. The number of hydrogen-bond donors (Lipinski definition) is 1. The molecule has 0 saturated carbocycles. The lowest BCUT2D eigenvalue weighted by atomic mass is 10.1. The molecule has 1 aromatic heterocycles. The van der Waals surface area contributed by atoms with Crippen LogP contribution in [0.2, 0.25) is 0 Å². The number of benzene rings is 2. The summed E-state index contributed by atoms with van der Waals surface area (Å²) >= 11 is 0. The number of halogens is 1. The number of aromatic nitrogens is 1. The molecule has 1 N–H and O–H groups in total. The van der Waals surface area contributed by atoms with Crippen LogP contribution < -0.4 is 4.74 Å². The van der Waals surface area contributed by atoms with Gasteiger partial charge in [-0.25, -0.2) is 4.39 Å². The average Bonchev–Trinajstić information content (AvgIpc) is 2.92. The minimum Gasteiger partial charge on any atom is -0.497 e.